The second-order valence-corrected chi connectivity index (χ2v) is 7.88. The Kier molecular flexibility index (Phi) is 5.91. The highest BCUT2D eigenvalue weighted by Crippen LogP contribution is 2.33. The molecule has 156 valence electrons. The van der Waals surface area contributed by atoms with E-state index in [1.807, 2.05) is 36.9 Å². The van der Waals surface area contributed by atoms with Crippen LogP contribution in [0, 0.1) is 6.92 Å². The van der Waals surface area contributed by atoms with E-state index in [1.165, 1.54) is 5.56 Å². The van der Waals surface area contributed by atoms with Crippen LogP contribution in [-0.4, -0.2) is 49.0 Å². The van der Waals surface area contributed by atoms with Gasteiger partial charge in [-0.05, 0) is 36.6 Å². The van der Waals surface area contributed by atoms with E-state index in [1.54, 1.807) is 19.4 Å². The molecule has 1 amide bonds. The molecule has 0 atom stereocenters. The maximum Gasteiger partial charge on any atom is 0.246 e. The lowest BCUT2D eigenvalue weighted by Crippen LogP contribution is -2.47. The van der Waals surface area contributed by atoms with E-state index in [0.29, 0.717) is 5.75 Å². The molecule has 1 aromatic heterocycles. The van der Waals surface area contributed by atoms with E-state index >= 15 is 0 Å². The molecule has 4 rings (SSSR count). The smallest absolute Gasteiger partial charge is 0.246 e. The molecular weight excluding hydrogens is 376 g/mol. The van der Waals surface area contributed by atoms with Crippen molar-refractivity contribution >= 4 is 22.4 Å². The number of piperazine rings is 1. The van der Waals surface area contributed by atoms with E-state index in [-0.39, 0.29) is 5.91 Å². The van der Waals surface area contributed by atoms with Gasteiger partial charge in [-0.2, -0.15) is 0 Å². The van der Waals surface area contributed by atoms with Crippen LogP contribution >= 0.6 is 0 Å². The van der Waals surface area contributed by atoms with Gasteiger partial charge in [-0.1, -0.05) is 30.3 Å². The van der Waals surface area contributed by atoms with Crippen molar-refractivity contribution in [1.82, 2.24) is 9.80 Å². The van der Waals surface area contributed by atoms with Crippen LogP contribution in [0.5, 0.6) is 5.75 Å². The SMILES string of the molecule is COc1cc2occ(C)c2cc1/C(C)=C/C(=O)N1CCN(Cc2ccccc2)CC1. The Morgan fingerprint density at radius 2 is 1.87 bits per heavy atom. The van der Waals surface area contributed by atoms with E-state index in [2.05, 4.69) is 29.2 Å². The molecule has 2 heterocycles. The molecule has 0 radical (unpaired) electrons. The zero-order chi connectivity index (χ0) is 21.1. The van der Waals surface area contributed by atoms with Crippen molar-refractivity contribution in [3.05, 3.63) is 71.5 Å². The number of methoxy groups -OCH3 is 1. The molecule has 3 aromatic rings. The highest BCUT2D eigenvalue weighted by Gasteiger charge is 2.21. The Labute approximate surface area is 177 Å². The summed E-state index contributed by atoms with van der Waals surface area (Å²) in [5.74, 6) is 0.768. The summed E-state index contributed by atoms with van der Waals surface area (Å²) in [6.45, 7) is 8.16. The fourth-order valence-corrected chi connectivity index (χ4v) is 3.98. The number of aryl methyl sites for hydroxylation is 1. The van der Waals surface area contributed by atoms with Crippen molar-refractivity contribution in [2.75, 3.05) is 33.3 Å². The quantitative estimate of drug-likeness (QED) is 0.588. The van der Waals surface area contributed by atoms with Crippen LogP contribution in [0.3, 0.4) is 0 Å². The normalized spacial score (nSPS) is 15.6. The number of benzene rings is 2. The summed E-state index contributed by atoms with van der Waals surface area (Å²) in [6.07, 6.45) is 3.47. The van der Waals surface area contributed by atoms with Crippen molar-refractivity contribution in [3.63, 3.8) is 0 Å². The number of rotatable bonds is 5. The maximum absolute atomic E-state index is 12.9. The molecular formula is C25H28N2O3. The summed E-state index contributed by atoms with van der Waals surface area (Å²) in [4.78, 5) is 17.2. The number of nitrogens with zero attached hydrogens (tertiary/aromatic N) is 2. The molecule has 0 N–H and O–H groups in total. The molecule has 30 heavy (non-hydrogen) atoms. The maximum atomic E-state index is 12.9. The molecule has 1 aliphatic heterocycles. The molecule has 0 aliphatic carbocycles. The van der Waals surface area contributed by atoms with Crippen molar-refractivity contribution in [3.8, 4) is 5.75 Å². The number of allylic oxidation sites excluding steroid dienone is 1. The molecule has 5 nitrogen and oxygen atoms in total. The second kappa shape index (κ2) is 8.76. The van der Waals surface area contributed by atoms with Crippen LogP contribution in [0.4, 0.5) is 0 Å². The van der Waals surface area contributed by atoms with Crippen LogP contribution in [-0.2, 0) is 11.3 Å². The van der Waals surface area contributed by atoms with E-state index in [9.17, 15) is 4.79 Å². The Bertz CT molecular complexity index is 1060. The molecule has 5 heteroatoms. The van der Waals surface area contributed by atoms with E-state index < -0.39 is 0 Å². The van der Waals surface area contributed by atoms with Gasteiger partial charge >= 0.3 is 0 Å². The van der Waals surface area contributed by atoms with Gasteiger partial charge in [-0.15, -0.1) is 0 Å². The molecule has 0 bridgehead atoms. The number of hydrogen-bond donors (Lipinski definition) is 0. The topological polar surface area (TPSA) is 45.9 Å². The number of fused-ring (bicyclic) bond motifs is 1. The number of carbonyl (C=O) groups is 1. The first-order valence-corrected chi connectivity index (χ1v) is 10.3. The Hall–Kier alpha value is -3.05. The zero-order valence-electron chi connectivity index (χ0n) is 17.9. The average molecular weight is 405 g/mol. The first-order valence-electron chi connectivity index (χ1n) is 10.3. The fraction of sp³-hybridized carbons (Fsp3) is 0.320. The van der Waals surface area contributed by atoms with Crippen molar-refractivity contribution < 1.29 is 13.9 Å². The van der Waals surface area contributed by atoms with Gasteiger partial charge in [0.2, 0.25) is 5.91 Å². The van der Waals surface area contributed by atoms with Gasteiger partial charge in [0.15, 0.2) is 0 Å². The Balaban J connectivity index is 1.44. The summed E-state index contributed by atoms with van der Waals surface area (Å²) >= 11 is 0. The number of hydrogen-bond acceptors (Lipinski definition) is 4. The van der Waals surface area contributed by atoms with Crippen LogP contribution in [0.25, 0.3) is 16.5 Å². The van der Waals surface area contributed by atoms with Crippen molar-refractivity contribution in [1.29, 1.82) is 0 Å². The first-order chi connectivity index (χ1) is 14.5. The van der Waals surface area contributed by atoms with Crippen LogP contribution < -0.4 is 4.74 Å². The minimum Gasteiger partial charge on any atom is -0.496 e. The number of ether oxygens (including phenoxy) is 1. The number of carbonyl (C=O) groups excluding carboxylic acids is 1. The van der Waals surface area contributed by atoms with Gasteiger partial charge in [0.1, 0.15) is 11.3 Å². The predicted octanol–water partition coefficient (Wildman–Crippen LogP) is 4.50. The Morgan fingerprint density at radius 1 is 1.13 bits per heavy atom. The highest BCUT2D eigenvalue weighted by atomic mass is 16.5. The third-order valence-electron chi connectivity index (χ3n) is 5.79. The standard InChI is InChI=1S/C25H28N2O3/c1-18(21-14-22-19(2)17-30-24(22)15-23(21)29-3)13-25(28)27-11-9-26(10-12-27)16-20-7-5-4-6-8-20/h4-8,13-15,17H,9-12,16H2,1-3H3/b18-13+. The van der Waals surface area contributed by atoms with Crippen LogP contribution in [0.15, 0.2) is 59.2 Å². The molecule has 0 unspecified atom stereocenters. The lowest BCUT2D eigenvalue weighted by Gasteiger charge is -2.34. The Morgan fingerprint density at radius 3 is 2.57 bits per heavy atom. The minimum atomic E-state index is 0.0536. The number of amides is 1. The highest BCUT2D eigenvalue weighted by molar-refractivity contribution is 5.97. The van der Waals surface area contributed by atoms with Gasteiger partial charge in [0, 0.05) is 55.8 Å². The van der Waals surface area contributed by atoms with Crippen molar-refractivity contribution in [2.45, 2.75) is 20.4 Å². The molecule has 1 saturated heterocycles. The second-order valence-electron chi connectivity index (χ2n) is 7.88. The third-order valence-corrected chi connectivity index (χ3v) is 5.79. The summed E-state index contributed by atoms with van der Waals surface area (Å²) in [6, 6.07) is 14.4. The summed E-state index contributed by atoms with van der Waals surface area (Å²) < 4.78 is 11.1. The zero-order valence-corrected chi connectivity index (χ0v) is 17.9. The average Bonchev–Trinajstić information content (AvgIpc) is 3.13. The largest absolute Gasteiger partial charge is 0.496 e. The molecule has 0 saturated carbocycles. The van der Waals surface area contributed by atoms with Gasteiger partial charge in [0.25, 0.3) is 0 Å². The van der Waals surface area contributed by atoms with Gasteiger partial charge < -0.3 is 14.1 Å². The lowest BCUT2D eigenvalue weighted by atomic mass is 10.0. The van der Waals surface area contributed by atoms with Gasteiger partial charge in [-0.3, -0.25) is 9.69 Å². The summed E-state index contributed by atoms with van der Waals surface area (Å²) in [5, 5.41) is 1.04. The van der Waals surface area contributed by atoms with Crippen molar-refractivity contribution in [2.24, 2.45) is 0 Å². The monoisotopic (exact) mass is 404 g/mol. The first kappa shape index (κ1) is 20.2. The fourth-order valence-electron chi connectivity index (χ4n) is 3.98. The van der Waals surface area contributed by atoms with Gasteiger partial charge in [0.05, 0.1) is 13.4 Å². The summed E-state index contributed by atoms with van der Waals surface area (Å²) in [7, 11) is 1.64. The van der Waals surface area contributed by atoms with E-state index in [0.717, 1.165) is 60.4 Å². The third kappa shape index (κ3) is 4.26. The van der Waals surface area contributed by atoms with Crippen LogP contribution in [0.2, 0.25) is 0 Å². The molecule has 0 spiro atoms. The molecule has 1 aliphatic rings. The van der Waals surface area contributed by atoms with Crippen LogP contribution in [0.1, 0.15) is 23.6 Å². The predicted molar refractivity (Wildman–Crippen MR) is 119 cm³/mol. The lowest BCUT2D eigenvalue weighted by molar-refractivity contribution is -0.127. The molecule has 1 fully saturated rings. The van der Waals surface area contributed by atoms with E-state index in [4.69, 9.17) is 9.15 Å². The molecule has 2 aromatic carbocycles. The number of furan rings is 1. The summed E-state index contributed by atoms with van der Waals surface area (Å²) in [5.41, 5.74) is 4.99. The van der Waals surface area contributed by atoms with Gasteiger partial charge in [-0.25, -0.2) is 0 Å². The minimum absolute atomic E-state index is 0.0536.